The lowest BCUT2D eigenvalue weighted by Gasteiger charge is -2.08. The normalized spacial score (nSPS) is 11.0. The van der Waals surface area contributed by atoms with E-state index in [1.165, 1.54) is 18.2 Å². The number of nitrogens with one attached hydrogen (secondary N) is 1. The number of benzene rings is 2. The Bertz CT molecular complexity index is 1210. The second kappa shape index (κ2) is 7.38. The molecule has 0 aliphatic carbocycles. The fourth-order valence-corrected chi connectivity index (χ4v) is 3.15. The molecule has 8 heteroatoms. The van der Waals surface area contributed by atoms with E-state index in [4.69, 9.17) is 13.8 Å². The van der Waals surface area contributed by atoms with Gasteiger partial charge in [-0.05, 0) is 73.0 Å². The van der Waals surface area contributed by atoms with Crippen molar-refractivity contribution in [1.82, 2.24) is 10.3 Å². The average molecular weight is 395 g/mol. The van der Waals surface area contributed by atoms with Crippen LogP contribution in [0.3, 0.4) is 0 Å². The molecular formula is C21H18FN3O4. The molecule has 0 saturated carbocycles. The molecule has 0 bridgehead atoms. The number of carbonyl (C=O) groups excluding carboxylic acids is 1. The van der Waals surface area contributed by atoms with E-state index >= 15 is 0 Å². The van der Waals surface area contributed by atoms with Gasteiger partial charge in [-0.1, -0.05) is 0 Å². The van der Waals surface area contributed by atoms with Gasteiger partial charge < -0.3 is 9.15 Å². The lowest BCUT2D eigenvalue weighted by atomic mass is 10.1. The van der Waals surface area contributed by atoms with Gasteiger partial charge in [0.2, 0.25) is 5.82 Å². The fourth-order valence-electron chi connectivity index (χ4n) is 3.15. The van der Waals surface area contributed by atoms with Crippen LogP contribution >= 0.6 is 0 Å². The topological polar surface area (TPSA) is 90.4 Å². The Morgan fingerprint density at radius 2 is 2.00 bits per heavy atom. The molecule has 0 saturated heterocycles. The van der Waals surface area contributed by atoms with Crippen LogP contribution in [-0.4, -0.2) is 22.8 Å². The van der Waals surface area contributed by atoms with Gasteiger partial charge in [-0.2, -0.15) is 0 Å². The van der Waals surface area contributed by atoms with Crippen LogP contribution in [0.1, 0.15) is 28.6 Å². The number of hydrogen-bond acceptors (Lipinski definition) is 6. The van der Waals surface area contributed by atoms with Crippen molar-refractivity contribution in [1.29, 1.82) is 0 Å². The predicted molar refractivity (Wildman–Crippen MR) is 105 cm³/mol. The summed E-state index contributed by atoms with van der Waals surface area (Å²) >= 11 is 0. The molecule has 1 N–H and O–H groups in total. The molecule has 0 atom stereocenters. The summed E-state index contributed by atoms with van der Waals surface area (Å²) in [4.78, 5) is 12.7. The zero-order chi connectivity index (χ0) is 20.5. The number of fused-ring (bicyclic) bond motifs is 1. The first-order valence-corrected chi connectivity index (χ1v) is 9.04. The third-order valence-electron chi connectivity index (χ3n) is 4.57. The summed E-state index contributed by atoms with van der Waals surface area (Å²) in [7, 11) is 0. The Balaban J connectivity index is 1.64. The number of aromatic nitrogens is 2. The van der Waals surface area contributed by atoms with Crippen molar-refractivity contribution < 1.29 is 23.0 Å². The molecule has 0 radical (unpaired) electrons. The van der Waals surface area contributed by atoms with Crippen LogP contribution in [0.2, 0.25) is 0 Å². The van der Waals surface area contributed by atoms with Crippen molar-refractivity contribution in [3.8, 4) is 17.0 Å². The van der Waals surface area contributed by atoms with Crippen LogP contribution in [0.4, 0.5) is 10.2 Å². The minimum atomic E-state index is -0.529. The molecule has 2 aromatic carbocycles. The van der Waals surface area contributed by atoms with E-state index in [9.17, 15) is 9.18 Å². The first kappa shape index (κ1) is 18.7. The lowest BCUT2D eigenvalue weighted by Crippen LogP contribution is -2.13. The Labute approximate surface area is 165 Å². The second-order valence-corrected chi connectivity index (χ2v) is 6.53. The van der Waals surface area contributed by atoms with Gasteiger partial charge in [-0.25, -0.2) is 9.02 Å². The summed E-state index contributed by atoms with van der Waals surface area (Å²) in [5.74, 6) is 0.0661. The quantitative estimate of drug-likeness (QED) is 0.517. The van der Waals surface area contributed by atoms with Gasteiger partial charge >= 0.3 is 0 Å². The molecule has 0 aliphatic heterocycles. The van der Waals surface area contributed by atoms with Crippen LogP contribution in [0.5, 0.6) is 5.75 Å². The van der Waals surface area contributed by atoms with Crippen molar-refractivity contribution in [3.05, 3.63) is 59.1 Å². The maximum atomic E-state index is 13.5. The van der Waals surface area contributed by atoms with Crippen molar-refractivity contribution in [3.63, 3.8) is 0 Å². The Hall–Kier alpha value is -3.68. The zero-order valence-electron chi connectivity index (χ0n) is 16.1. The number of carbonyl (C=O) groups is 1. The van der Waals surface area contributed by atoms with Crippen LogP contribution in [-0.2, 0) is 0 Å². The van der Waals surface area contributed by atoms with Gasteiger partial charge in [0.25, 0.3) is 5.91 Å². The molecule has 0 unspecified atom stereocenters. The highest BCUT2D eigenvalue weighted by Gasteiger charge is 2.22. The Morgan fingerprint density at radius 3 is 2.76 bits per heavy atom. The summed E-state index contributed by atoms with van der Waals surface area (Å²) in [5, 5.41) is 10.9. The van der Waals surface area contributed by atoms with Crippen molar-refractivity contribution in [2.75, 3.05) is 11.9 Å². The van der Waals surface area contributed by atoms with Crippen LogP contribution in [0.15, 0.2) is 45.4 Å². The second-order valence-electron chi connectivity index (χ2n) is 6.53. The van der Waals surface area contributed by atoms with E-state index in [1.54, 1.807) is 6.92 Å². The molecule has 2 aromatic heterocycles. The molecule has 148 valence electrons. The predicted octanol–water partition coefficient (Wildman–Crippen LogP) is 4.89. The average Bonchev–Trinajstić information content (AvgIpc) is 3.28. The summed E-state index contributed by atoms with van der Waals surface area (Å²) in [5.41, 5.74) is 2.97. The molecule has 7 nitrogen and oxygen atoms in total. The highest BCUT2D eigenvalue weighted by atomic mass is 19.1. The molecule has 0 fully saturated rings. The number of ether oxygens (including phenoxy) is 1. The molecule has 0 spiro atoms. The Kier molecular flexibility index (Phi) is 4.75. The summed E-state index contributed by atoms with van der Waals surface area (Å²) < 4.78 is 29.5. The molecule has 1 amide bonds. The Morgan fingerprint density at radius 1 is 1.17 bits per heavy atom. The maximum absolute atomic E-state index is 13.5. The third kappa shape index (κ3) is 3.44. The number of amides is 1. The fraction of sp³-hybridized carbons (Fsp3) is 0.190. The highest BCUT2D eigenvalue weighted by molar-refractivity contribution is 6.07. The third-order valence-corrected chi connectivity index (χ3v) is 4.57. The number of rotatable bonds is 5. The SMILES string of the molecule is CCOc1ccc(-c2nonc2NC(=O)c2oc3ccc(F)cc3c2C)cc1C. The number of nitrogens with zero attached hydrogens (tertiary/aromatic N) is 2. The van der Waals surface area contributed by atoms with E-state index in [1.807, 2.05) is 32.0 Å². The van der Waals surface area contributed by atoms with Gasteiger partial charge in [0.05, 0.1) is 6.61 Å². The molecule has 4 rings (SSSR count). The van der Waals surface area contributed by atoms with Gasteiger partial charge in [0, 0.05) is 16.5 Å². The molecule has 4 aromatic rings. The van der Waals surface area contributed by atoms with E-state index in [0.29, 0.717) is 34.4 Å². The molecule has 29 heavy (non-hydrogen) atoms. The summed E-state index contributed by atoms with van der Waals surface area (Å²) in [6, 6.07) is 9.60. The summed E-state index contributed by atoms with van der Waals surface area (Å²) in [6.45, 7) is 6.08. The first-order chi connectivity index (χ1) is 14.0. The maximum Gasteiger partial charge on any atom is 0.292 e. The number of halogens is 1. The monoisotopic (exact) mass is 395 g/mol. The first-order valence-electron chi connectivity index (χ1n) is 9.04. The molecule has 0 aliphatic rings. The number of furan rings is 1. The lowest BCUT2D eigenvalue weighted by molar-refractivity contribution is 0.0997. The largest absolute Gasteiger partial charge is 0.494 e. The van der Waals surface area contributed by atoms with Crippen molar-refractivity contribution in [2.45, 2.75) is 20.8 Å². The van der Waals surface area contributed by atoms with Gasteiger partial charge in [0.1, 0.15) is 17.1 Å². The van der Waals surface area contributed by atoms with E-state index in [2.05, 4.69) is 15.6 Å². The summed E-state index contributed by atoms with van der Waals surface area (Å²) in [6.07, 6.45) is 0. The van der Waals surface area contributed by atoms with E-state index in [0.717, 1.165) is 11.3 Å². The highest BCUT2D eigenvalue weighted by Crippen LogP contribution is 2.31. The van der Waals surface area contributed by atoms with Crippen LogP contribution in [0, 0.1) is 19.7 Å². The van der Waals surface area contributed by atoms with E-state index < -0.39 is 11.7 Å². The van der Waals surface area contributed by atoms with Crippen molar-refractivity contribution in [2.24, 2.45) is 0 Å². The smallest absolute Gasteiger partial charge is 0.292 e. The number of hydrogen-bond donors (Lipinski definition) is 1. The van der Waals surface area contributed by atoms with Gasteiger partial charge in [-0.15, -0.1) is 0 Å². The number of anilines is 1. The zero-order valence-corrected chi connectivity index (χ0v) is 16.1. The van der Waals surface area contributed by atoms with Crippen molar-refractivity contribution >= 4 is 22.7 Å². The van der Waals surface area contributed by atoms with Gasteiger partial charge in [-0.3, -0.25) is 10.1 Å². The van der Waals surface area contributed by atoms with Gasteiger partial charge in [0.15, 0.2) is 11.5 Å². The minimum absolute atomic E-state index is 0.0717. The molecule has 2 heterocycles. The number of aryl methyl sites for hydroxylation is 2. The minimum Gasteiger partial charge on any atom is -0.494 e. The van der Waals surface area contributed by atoms with Crippen LogP contribution < -0.4 is 10.1 Å². The van der Waals surface area contributed by atoms with E-state index in [-0.39, 0.29) is 11.6 Å². The standard InChI is InChI=1S/C21H18FN3O4/c1-4-27-16-7-5-13(9-11(16)2)18-20(25-29-24-18)23-21(26)19-12(3)15-10-14(22)6-8-17(15)28-19/h5-10H,4H2,1-3H3,(H,23,25,26). The molecular weight excluding hydrogens is 377 g/mol. The van der Waals surface area contributed by atoms with Crippen LogP contribution in [0.25, 0.3) is 22.2 Å².